The van der Waals surface area contributed by atoms with Crippen LogP contribution >= 0.6 is 11.6 Å². The van der Waals surface area contributed by atoms with E-state index in [1.165, 1.54) is 12.8 Å². The second-order valence-corrected chi connectivity index (χ2v) is 7.44. The SMILES string of the molecule is O=C(O)[C@@H]1C[C@H]2CCCC[C@@H]2N1Cc1ncc(-c2ccc(Cl)cc2)o1. The molecular weight excluding hydrogens is 340 g/mol. The first-order valence-corrected chi connectivity index (χ1v) is 9.19. The van der Waals surface area contributed by atoms with Crippen molar-refractivity contribution in [3.05, 3.63) is 41.4 Å². The summed E-state index contributed by atoms with van der Waals surface area (Å²) in [6.45, 7) is 0.450. The van der Waals surface area contributed by atoms with Gasteiger partial charge in [0.2, 0.25) is 5.89 Å². The third kappa shape index (κ3) is 3.31. The van der Waals surface area contributed by atoms with E-state index in [1.807, 2.05) is 24.3 Å². The summed E-state index contributed by atoms with van der Waals surface area (Å²) in [6.07, 6.45) is 7.02. The summed E-state index contributed by atoms with van der Waals surface area (Å²) in [7, 11) is 0. The summed E-state index contributed by atoms with van der Waals surface area (Å²) in [6, 6.07) is 7.30. The molecule has 1 saturated carbocycles. The topological polar surface area (TPSA) is 66.6 Å². The lowest BCUT2D eigenvalue weighted by Gasteiger charge is -2.32. The highest BCUT2D eigenvalue weighted by Gasteiger charge is 2.45. The van der Waals surface area contributed by atoms with Crippen molar-refractivity contribution in [2.75, 3.05) is 0 Å². The van der Waals surface area contributed by atoms with Gasteiger partial charge in [0.1, 0.15) is 6.04 Å². The molecule has 0 radical (unpaired) electrons. The first kappa shape index (κ1) is 16.6. The molecule has 2 aromatic rings. The average Bonchev–Trinajstić information content (AvgIpc) is 3.21. The summed E-state index contributed by atoms with van der Waals surface area (Å²) >= 11 is 5.92. The van der Waals surface area contributed by atoms with Crippen molar-refractivity contribution < 1.29 is 14.3 Å². The van der Waals surface area contributed by atoms with Crippen LogP contribution in [0.15, 0.2) is 34.9 Å². The predicted molar refractivity (Wildman–Crippen MR) is 94.3 cm³/mol. The summed E-state index contributed by atoms with van der Waals surface area (Å²) in [5, 5.41) is 10.3. The van der Waals surface area contributed by atoms with Gasteiger partial charge in [-0.1, -0.05) is 24.4 Å². The molecule has 2 aliphatic rings. The lowest BCUT2D eigenvalue weighted by molar-refractivity contribution is -0.143. The van der Waals surface area contributed by atoms with Crippen molar-refractivity contribution in [3.8, 4) is 11.3 Å². The van der Waals surface area contributed by atoms with Crippen molar-refractivity contribution in [1.29, 1.82) is 0 Å². The molecule has 25 heavy (non-hydrogen) atoms. The zero-order valence-corrected chi connectivity index (χ0v) is 14.7. The van der Waals surface area contributed by atoms with Gasteiger partial charge in [-0.25, -0.2) is 4.98 Å². The van der Waals surface area contributed by atoms with Crippen LogP contribution in [0.4, 0.5) is 0 Å². The predicted octanol–water partition coefficient (Wildman–Crippen LogP) is 4.21. The molecule has 132 valence electrons. The quantitative estimate of drug-likeness (QED) is 0.884. The van der Waals surface area contributed by atoms with Crippen LogP contribution in [-0.2, 0) is 11.3 Å². The molecule has 4 rings (SSSR count). The Kier molecular flexibility index (Phi) is 4.52. The van der Waals surface area contributed by atoms with Gasteiger partial charge in [0.05, 0.1) is 12.7 Å². The van der Waals surface area contributed by atoms with Gasteiger partial charge in [0.15, 0.2) is 5.76 Å². The van der Waals surface area contributed by atoms with Crippen LogP contribution in [0.1, 0.15) is 38.0 Å². The average molecular weight is 361 g/mol. The molecule has 0 spiro atoms. The normalized spacial score (nSPS) is 26.5. The van der Waals surface area contributed by atoms with E-state index in [-0.39, 0.29) is 0 Å². The Balaban J connectivity index is 1.54. The molecule has 6 heteroatoms. The smallest absolute Gasteiger partial charge is 0.320 e. The van der Waals surface area contributed by atoms with E-state index in [9.17, 15) is 9.90 Å². The van der Waals surface area contributed by atoms with Gasteiger partial charge in [-0.2, -0.15) is 0 Å². The third-order valence-corrected chi connectivity index (χ3v) is 5.76. The lowest BCUT2D eigenvalue weighted by atomic mass is 9.85. The monoisotopic (exact) mass is 360 g/mol. The van der Waals surface area contributed by atoms with Gasteiger partial charge in [0.25, 0.3) is 0 Å². The number of hydrogen-bond acceptors (Lipinski definition) is 4. The largest absolute Gasteiger partial charge is 0.480 e. The zero-order valence-electron chi connectivity index (χ0n) is 13.9. The van der Waals surface area contributed by atoms with E-state index in [0.29, 0.717) is 35.2 Å². The molecule has 1 N–H and O–H groups in total. The molecule has 3 atom stereocenters. The Labute approximate surface area is 151 Å². The zero-order chi connectivity index (χ0) is 17.4. The fourth-order valence-electron chi connectivity index (χ4n) is 4.31. The van der Waals surface area contributed by atoms with Gasteiger partial charge >= 0.3 is 5.97 Å². The van der Waals surface area contributed by atoms with Crippen molar-refractivity contribution in [1.82, 2.24) is 9.88 Å². The van der Waals surface area contributed by atoms with Gasteiger partial charge in [-0.3, -0.25) is 9.69 Å². The van der Waals surface area contributed by atoms with E-state index >= 15 is 0 Å². The summed E-state index contributed by atoms with van der Waals surface area (Å²) in [4.78, 5) is 18.2. The second kappa shape index (κ2) is 6.81. The molecule has 2 fully saturated rings. The minimum atomic E-state index is -0.737. The van der Waals surface area contributed by atoms with Gasteiger partial charge in [0, 0.05) is 16.6 Å². The van der Waals surface area contributed by atoms with Gasteiger partial charge in [-0.15, -0.1) is 0 Å². The molecule has 1 aliphatic carbocycles. The number of nitrogens with zero attached hydrogens (tertiary/aromatic N) is 2. The Morgan fingerprint density at radius 3 is 2.80 bits per heavy atom. The number of likely N-dealkylation sites (tertiary alicyclic amines) is 1. The van der Waals surface area contributed by atoms with Crippen molar-refractivity contribution in [2.24, 2.45) is 5.92 Å². The molecule has 0 amide bonds. The third-order valence-electron chi connectivity index (χ3n) is 5.51. The molecule has 1 saturated heterocycles. The number of fused-ring (bicyclic) bond motifs is 1. The minimum absolute atomic E-state index is 0.334. The van der Waals surface area contributed by atoms with Crippen molar-refractivity contribution in [2.45, 2.75) is 50.7 Å². The molecule has 0 bridgehead atoms. The van der Waals surface area contributed by atoms with Crippen molar-refractivity contribution >= 4 is 17.6 Å². The van der Waals surface area contributed by atoms with Gasteiger partial charge < -0.3 is 9.52 Å². The van der Waals surface area contributed by atoms with Crippen LogP contribution in [-0.4, -0.2) is 33.0 Å². The highest BCUT2D eigenvalue weighted by Crippen LogP contribution is 2.40. The number of carboxylic acid groups (broad SMARTS) is 1. The maximum absolute atomic E-state index is 11.7. The number of hydrogen-bond donors (Lipinski definition) is 1. The molecule has 5 nitrogen and oxygen atoms in total. The number of halogens is 1. The number of carboxylic acids is 1. The summed E-state index contributed by atoms with van der Waals surface area (Å²) in [5.41, 5.74) is 0.912. The molecule has 1 aromatic carbocycles. The molecular formula is C19H21ClN2O3. The van der Waals surface area contributed by atoms with E-state index in [4.69, 9.17) is 16.0 Å². The molecule has 1 aliphatic heterocycles. The molecule has 1 aromatic heterocycles. The number of carbonyl (C=O) groups is 1. The highest BCUT2D eigenvalue weighted by atomic mass is 35.5. The number of aliphatic carboxylic acids is 1. The van der Waals surface area contributed by atoms with Crippen LogP contribution < -0.4 is 0 Å². The fourth-order valence-corrected chi connectivity index (χ4v) is 4.44. The van der Waals surface area contributed by atoms with E-state index in [0.717, 1.165) is 24.8 Å². The minimum Gasteiger partial charge on any atom is -0.480 e. The van der Waals surface area contributed by atoms with E-state index < -0.39 is 12.0 Å². The Morgan fingerprint density at radius 1 is 1.28 bits per heavy atom. The van der Waals surface area contributed by atoms with Crippen LogP contribution in [0.3, 0.4) is 0 Å². The summed E-state index contributed by atoms with van der Waals surface area (Å²) < 4.78 is 5.89. The van der Waals surface area contributed by atoms with Crippen molar-refractivity contribution in [3.63, 3.8) is 0 Å². The molecule has 0 unspecified atom stereocenters. The van der Waals surface area contributed by atoms with Gasteiger partial charge in [-0.05, 0) is 49.4 Å². The second-order valence-electron chi connectivity index (χ2n) is 7.00. The lowest BCUT2D eigenvalue weighted by Crippen LogP contribution is -2.41. The fraction of sp³-hybridized carbons (Fsp3) is 0.474. The Bertz CT molecular complexity index is 758. The summed E-state index contributed by atoms with van der Waals surface area (Å²) in [5.74, 6) is 1.000. The van der Waals surface area contributed by atoms with Crippen LogP contribution in [0.25, 0.3) is 11.3 Å². The number of benzene rings is 1. The van der Waals surface area contributed by atoms with Crippen LogP contribution in [0.2, 0.25) is 5.02 Å². The Morgan fingerprint density at radius 2 is 2.04 bits per heavy atom. The van der Waals surface area contributed by atoms with E-state index in [2.05, 4.69) is 9.88 Å². The molecule has 2 heterocycles. The maximum Gasteiger partial charge on any atom is 0.320 e. The number of rotatable bonds is 4. The number of aromatic nitrogens is 1. The number of oxazole rings is 1. The Hall–Kier alpha value is -1.85. The first-order valence-electron chi connectivity index (χ1n) is 8.81. The standard InChI is InChI=1S/C19H21ClN2O3/c20-14-7-5-12(6-8-14)17-10-21-18(25-17)11-22-15-4-2-1-3-13(15)9-16(22)19(23)24/h5-8,10,13,15-16H,1-4,9,11H2,(H,23,24)/t13-,15+,16+/m1/s1. The highest BCUT2D eigenvalue weighted by molar-refractivity contribution is 6.30. The van der Waals surface area contributed by atoms with Crippen LogP contribution in [0.5, 0.6) is 0 Å². The maximum atomic E-state index is 11.7. The first-order chi connectivity index (χ1) is 12.1. The van der Waals surface area contributed by atoms with E-state index in [1.54, 1.807) is 6.20 Å². The van der Waals surface area contributed by atoms with Crippen LogP contribution in [0, 0.1) is 5.92 Å².